The minimum atomic E-state index is -0.254. The van der Waals surface area contributed by atoms with Crippen molar-refractivity contribution < 1.29 is 4.39 Å². The molecule has 0 radical (unpaired) electrons. The van der Waals surface area contributed by atoms with Crippen LogP contribution in [0, 0.1) is 5.82 Å². The van der Waals surface area contributed by atoms with Crippen LogP contribution in [0.4, 0.5) is 15.8 Å². The molecule has 0 amide bonds. The number of benzene rings is 1. The van der Waals surface area contributed by atoms with Crippen molar-refractivity contribution in [3.8, 4) is 0 Å². The highest BCUT2D eigenvalue weighted by Crippen LogP contribution is 2.31. The van der Waals surface area contributed by atoms with Crippen molar-refractivity contribution >= 4 is 11.4 Å². The zero-order valence-electron chi connectivity index (χ0n) is 10.5. The maximum Gasteiger partial charge on any atom is 0.125 e. The second-order valence-electron chi connectivity index (χ2n) is 4.83. The molecule has 0 aromatic heterocycles. The Kier molecular flexibility index (Phi) is 3.87. The Morgan fingerprint density at radius 1 is 1.41 bits per heavy atom. The van der Waals surface area contributed by atoms with Crippen LogP contribution < -0.4 is 10.6 Å². The van der Waals surface area contributed by atoms with E-state index in [1.165, 1.54) is 44.2 Å². The third-order valence-electron chi connectivity index (χ3n) is 3.55. The van der Waals surface area contributed by atoms with Crippen LogP contribution >= 0.6 is 0 Å². The molecule has 0 saturated carbocycles. The molecule has 1 atom stereocenters. The van der Waals surface area contributed by atoms with Gasteiger partial charge in [-0.05, 0) is 43.9 Å². The van der Waals surface area contributed by atoms with Crippen LogP contribution in [0.25, 0.3) is 0 Å². The Morgan fingerprint density at radius 2 is 2.24 bits per heavy atom. The number of halogens is 1. The van der Waals surface area contributed by atoms with Crippen molar-refractivity contribution in [3.63, 3.8) is 0 Å². The molecule has 3 heteroatoms. The molecule has 1 aromatic rings. The van der Waals surface area contributed by atoms with Gasteiger partial charge in [0.15, 0.2) is 0 Å². The number of piperidine rings is 1. The van der Waals surface area contributed by atoms with E-state index in [0.29, 0.717) is 11.7 Å². The van der Waals surface area contributed by atoms with E-state index in [1.807, 2.05) is 6.07 Å². The standard InChI is InChI=1S/C14H21FN2/c1-2-5-12-6-3-4-9-17(12)14-8-7-11(15)10-13(14)16/h7-8,10,12H,2-6,9,16H2,1H3. The first-order chi connectivity index (χ1) is 8.22. The van der Waals surface area contributed by atoms with Crippen LogP contribution in [0.1, 0.15) is 39.0 Å². The summed E-state index contributed by atoms with van der Waals surface area (Å²) in [6.45, 7) is 3.25. The lowest BCUT2D eigenvalue weighted by molar-refractivity contribution is 0.435. The summed E-state index contributed by atoms with van der Waals surface area (Å²) in [6, 6.07) is 5.32. The number of nitrogen functional groups attached to an aromatic ring is 1. The van der Waals surface area contributed by atoms with Gasteiger partial charge in [-0.2, -0.15) is 0 Å². The van der Waals surface area contributed by atoms with Crippen LogP contribution in [0.5, 0.6) is 0 Å². The van der Waals surface area contributed by atoms with Gasteiger partial charge in [0, 0.05) is 12.6 Å². The van der Waals surface area contributed by atoms with Gasteiger partial charge in [-0.25, -0.2) is 4.39 Å². The summed E-state index contributed by atoms with van der Waals surface area (Å²) in [5, 5.41) is 0. The van der Waals surface area contributed by atoms with Gasteiger partial charge in [-0.15, -0.1) is 0 Å². The predicted octanol–water partition coefficient (Wildman–Crippen LogP) is 3.57. The number of anilines is 2. The highest BCUT2D eigenvalue weighted by molar-refractivity contribution is 5.68. The van der Waals surface area contributed by atoms with Crippen molar-refractivity contribution in [1.29, 1.82) is 0 Å². The van der Waals surface area contributed by atoms with E-state index < -0.39 is 0 Å². The molecule has 2 N–H and O–H groups in total. The molecule has 1 saturated heterocycles. The molecule has 94 valence electrons. The van der Waals surface area contributed by atoms with E-state index in [9.17, 15) is 4.39 Å². The Bertz CT molecular complexity index is 376. The number of nitrogens with zero attached hydrogens (tertiary/aromatic N) is 1. The molecule has 17 heavy (non-hydrogen) atoms. The summed E-state index contributed by atoms with van der Waals surface area (Å²) < 4.78 is 13.1. The first-order valence-electron chi connectivity index (χ1n) is 6.54. The molecule has 0 bridgehead atoms. The van der Waals surface area contributed by atoms with Crippen molar-refractivity contribution in [2.75, 3.05) is 17.2 Å². The number of nitrogens with two attached hydrogens (primary N) is 1. The van der Waals surface area contributed by atoms with E-state index in [-0.39, 0.29) is 5.82 Å². The van der Waals surface area contributed by atoms with Crippen LogP contribution in [0.15, 0.2) is 18.2 Å². The Morgan fingerprint density at radius 3 is 2.94 bits per heavy atom. The minimum Gasteiger partial charge on any atom is -0.397 e. The fourth-order valence-electron chi connectivity index (χ4n) is 2.74. The normalized spacial score (nSPS) is 20.6. The molecule has 1 aliphatic rings. The van der Waals surface area contributed by atoms with Gasteiger partial charge in [0.25, 0.3) is 0 Å². The third kappa shape index (κ3) is 2.71. The van der Waals surface area contributed by atoms with Crippen molar-refractivity contribution in [3.05, 3.63) is 24.0 Å². The SMILES string of the molecule is CCCC1CCCCN1c1ccc(F)cc1N. The summed E-state index contributed by atoms with van der Waals surface area (Å²) in [5.74, 6) is -0.254. The molecule has 1 aliphatic heterocycles. The largest absolute Gasteiger partial charge is 0.397 e. The first kappa shape index (κ1) is 12.2. The van der Waals surface area contributed by atoms with Crippen molar-refractivity contribution in [1.82, 2.24) is 0 Å². The molecule has 0 aliphatic carbocycles. The van der Waals surface area contributed by atoms with Gasteiger partial charge in [0.05, 0.1) is 11.4 Å². The van der Waals surface area contributed by atoms with Crippen LogP contribution in [0.3, 0.4) is 0 Å². The average molecular weight is 236 g/mol. The van der Waals surface area contributed by atoms with Gasteiger partial charge in [0.1, 0.15) is 5.82 Å². The van der Waals surface area contributed by atoms with E-state index in [4.69, 9.17) is 5.73 Å². The highest BCUT2D eigenvalue weighted by Gasteiger charge is 2.23. The quantitative estimate of drug-likeness (QED) is 0.813. The predicted molar refractivity (Wildman–Crippen MR) is 70.7 cm³/mol. The van der Waals surface area contributed by atoms with Crippen molar-refractivity contribution in [2.24, 2.45) is 0 Å². The lowest BCUT2D eigenvalue weighted by Gasteiger charge is -2.38. The smallest absolute Gasteiger partial charge is 0.125 e. The second-order valence-corrected chi connectivity index (χ2v) is 4.83. The molecule has 2 nitrogen and oxygen atoms in total. The van der Waals surface area contributed by atoms with E-state index in [0.717, 1.165) is 12.2 Å². The molecule has 2 rings (SSSR count). The minimum absolute atomic E-state index is 0.254. The monoisotopic (exact) mass is 236 g/mol. The Hall–Kier alpha value is -1.25. The molecular formula is C14H21FN2. The Labute approximate surface area is 103 Å². The van der Waals surface area contributed by atoms with Gasteiger partial charge in [-0.1, -0.05) is 13.3 Å². The van der Waals surface area contributed by atoms with Gasteiger partial charge >= 0.3 is 0 Å². The maximum absolute atomic E-state index is 13.1. The zero-order chi connectivity index (χ0) is 12.3. The number of hydrogen-bond donors (Lipinski definition) is 1. The van der Waals surface area contributed by atoms with E-state index >= 15 is 0 Å². The number of hydrogen-bond acceptors (Lipinski definition) is 2. The molecular weight excluding hydrogens is 215 g/mol. The summed E-state index contributed by atoms with van der Waals surface area (Å²) >= 11 is 0. The van der Waals surface area contributed by atoms with E-state index in [1.54, 1.807) is 0 Å². The number of rotatable bonds is 3. The summed E-state index contributed by atoms with van der Waals surface area (Å²) in [7, 11) is 0. The third-order valence-corrected chi connectivity index (χ3v) is 3.55. The maximum atomic E-state index is 13.1. The topological polar surface area (TPSA) is 29.3 Å². The fraction of sp³-hybridized carbons (Fsp3) is 0.571. The van der Waals surface area contributed by atoms with Crippen LogP contribution in [0.2, 0.25) is 0 Å². The lowest BCUT2D eigenvalue weighted by Crippen LogP contribution is -2.39. The Balaban J connectivity index is 2.23. The van der Waals surface area contributed by atoms with Gasteiger partial charge in [0.2, 0.25) is 0 Å². The molecule has 1 aromatic carbocycles. The highest BCUT2D eigenvalue weighted by atomic mass is 19.1. The lowest BCUT2D eigenvalue weighted by atomic mass is 9.97. The second kappa shape index (κ2) is 5.39. The molecule has 1 heterocycles. The summed E-state index contributed by atoms with van der Waals surface area (Å²) in [6.07, 6.45) is 6.10. The average Bonchev–Trinajstić information content (AvgIpc) is 2.31. The molecule has 1 fully saturated rings. The van der Waals surface area contributed by atoms with Crippen LogP contribution in [-0.2, 0) is 0 Å². The van der Waals surface area contributed by atoms with Gasteiger partial charge in [-0.3, -0.25) is 0 Å². The van der Waals surface area contributed by atoms with Gasteiger partial charge < -0.3 is 10.6 Å². The fourth-order valence-corrected chi connectivity index (χ4v) is 2.74. The molecule has 1 unspecified atom stereocenters. The summed E-state index contributed by atoms with van der Waals surface area (Å²) in [4.78, 5) is 2.36. The molecule has 0 spiro atoms. The first-order valence-corrected chi connectivity index (χ1v) is 6.54. The van der Waals surface area contributed by atoms with Crippen molar-refractivity contribution in [2.45, 2.75) is 45.1 Å². The zero-order valence-corrected chi connectivity index (χ0v) is 10.5. The van der Waals surface area contributed by atoms with E-state index in [2.05, 4.69) is 11.8 Å². The van der Waals surface area contributed by atoms with Crippen LogP contribution in [-0.4, -0.2) is 12.6 Å². The summed E-state index contributed by atoms with van der Waals surface area (Å²) in [5.41, 5.74) is 7.50.